The number of aliphatic hydroxyl groups is 8. The second-order valence-corrected chi connectivity index (χ2v) is 8.09. The lowest BCUT2D eigenvalue weighted by molar-refractivity contribution is -0.374. The lowest BCUT2D eigenvalue weighted by Crippen LogP contribution is -2.66. The normalized spacial score (nSPS) is 49.8. The minimum Gasteiger partial charge on any atom is -0.479 e. The maximum Gasteiger partial charge on any atom is 0.335 e. The van der Waals surface area contributed by atoms with Crippen LogP contribution in [0.3, 0.4) is 0 Å². The molecule has 0 bridgehead atoms. The zero-order valence-electron chi connectivity index (χ0n) is 17.9. The number of carboxylic acid groups (broad SMARTS) is 1. The van der Waals surface area contributed by atoms with Crippen molar-refractivity contribution >= 4 is 5.97 Å². The van der Waals surface area contributed by atoms with Crippen LogP contribution in [0.2, 0.25) is 0 Å². The minimum absolute atomic E-state index is 0.683. The molecule has 3 fully saturated rings. The summed E-state index contributed by atoms with van der Waals surface area (Å²) in [6, 6.07) is 0. The average molecular weight is 502 g/mol. The molecule has 3 rings (SSSR count). The van der Waals surface area contributed by atoms with Gasteiger partial charge in [-0.15, -0.1) is 0 Å². The molecular weight excluding hydrogens is 472 g/mol. The summed E-state index contributed by atoms with van der Waals surface area (Å²) in [5, 5.41) is 89.1. The predicted octanol–water partition coefficient (Wildman–Crippen LogP) is -6.19. The molecule has 0 aromatic carbocycles. The van der Waals surface area contributed by atoms with E-state index in [0.717, 1.165) is 7.11 Å². The van der Waals surface area contributed by atoms with Crippen LogP contribution >= 0.6 is 0 Å². The SMILES string of the molecule is CO[C@@H]1OC(C(=O)O)[C@@H](O)C(O[C@@H]2O[C@@H](CO)C(O)C2O)C1O[C@@H]1OC(CO)[C@H](O)C(O)C1O. The van der Waals surface area contributed by atoms with Gasteiger partial charge in [-0.05, 0) is 0 Å². The molecule has 0 aliphatic carbocycles. The van der Waals surface area contributed by atoms with E-state index in [4.69, 9.17) is 28.4 Å². The van der Waals surface area contributed by atoms with Crippen LogP contribution in [0.25, 0.3) is 0 Å². The summed E-state index contributed by atoms with van der Waals surface area (Å²) in [5.41, 5.74) is 0. The number of aliphatic hydroxyl groups excluding tert-OH is 8. The topological polar surface area (TPSA) is 255 Å². The molecule has 0 spiro atoms. The van der Waals surface area contributed by atoms with Gasteiger partial charge in [-0.1, -0.05) is 0 Å². The van der Waals surface area contributed by atoms with Crippen molar-refractivity contribution < 1.29 is 79.2 Å². The smallest absolute Gasteiger partial charge is 0.335 e. The minimum atomic E-state index is -1.97. The summed E-state index contributed by atoms with van der Waals surface area (Å²) in [4.78, 5) is 11.6. The highest BCUT2D eigenvalue weighted by Crippen LogP contribution is 2.33. The van der Waals surface area contributed by atoms with Crippen molar-refractivity contribution in [2.75, 3.05) is 20.3 Å². The van der Waals surface area contributed by atoms with E-state index in [9.17, 15) is 50.8 Å². The second kappa shape index (κ2) is 11.3. The third kappa shape index (κ3) is 5.20. The number of rotatable bonds is 8. The molecule has 0 aromatic heterocycles. The Balaban J connectivity index is 1.87. The molecule has 0 amide bonds. The summed E-state index contributed by atoms with van der Waals surface area (Å²) in [6.07, 6.45) is -23.4. The summed E-state index contributed by atoms with van der Waals surface area (Å²) < 4.78 is 32.0. The van der Waals surface area contributed by atoms with Crippen LogP contribution in [0, 0.1) is 0 Å². The molecular formula is C18H30O16. The van der Waals surface area contributed by atoms with Crippen LogP contribution in [-0.4, -0.2) is 158 Å². The molecule has 3 saturated heterocycles. The maximum atomic E-state index is 11.6. The Kier molecular flexibility index (Phi) is 9.15. The monoisotopic (exact) mass is 502 g/mol. The van der Waals surface area contributed by atoms with Gasteiger partial charge in [0.15, 0.2) is 25.0 Å². The molecule has 198 valence electrons. The second-order valence-electron chi connectivity index (χ2n) is 8.09. The molecule has 3 aliphatic heterocycles. The zero-order valence-corrected chi connectivity index (χ0v) is 17.9. The number of carboxylic acids is 1. The van der Waals surface area contributed by atoms with E-state index < -0.39 is 105 Å². The molecule has 14 atom stereocenters. The lowest BCUT2D eigenvalue weighted by atomic mass is 9.96. The highest BCUT2D eigenvalue weighted by atomic mass is 16.8. The molecule has 0 radical (unpaired) electrons. The Morgan fingerprint density at radius 2 is 1.15 bits per heavy atom. The van der Waals surface area contributed by atoms with Crippen LogP contribution in [-0.2, 0) is 33.2 Å². The molecule has 9 N–H and O–H groups in total. The number of carbonyl (C=O) groups is 1. The first-order chi connectivity index (χ1) is 16.0. The van der Waals surface area contributed by atoms with E-state index in [1.165, 1.54) is 0 Å². The van der Waals surface area contributed by atoms with E-state index >= 15 is 0 Å². The Morgan fingerprint density at radius 1 is 0.676 bits per heavy atom. The fourth-order valence-electron chi connectivity index (χ4n) is 3.98. The van der Waals surface area contributed by atoms with Crippen molar-refractivity contribution in [3.8, 4) is 0 Å². The largest absolute Gasteiger partial charge is 0.479 e. The molecule has 3 heterocycles. The summed E-state index contributed by atoms with van der Waals surface area (Å²) >= 11 is 0. The van der Waals surface area contributed by atoms with Crippen LogP contribution in [0.1, 0.15) is 0 Å². The van der Waals surface area contributed by atoms with Gasteiger partial charge in [-0.2, -0.15) is 0 Å². The molecule has 16 heteroatoms. The fraction of sp³-hybridized carbons (Fsp3) is 0.944. The van der Waals surface area contributed by atoms with Gasteiger partial charge in [0.25, 0.3) is 0 Å². The molecule has 0 aromatic rings. The predicted molar refractivity (Wildman–Crippen MR) is 101 cm³/mol. The summed E-state index contributed by atoms with van der Waals surface area (Å²) in [5.74, 6) is -1.60. The van der Waals surface area contributed by atoms with Gasteiger partial charge in [0.05, 0.1) is 13.2 Å². The molecule has 8 unspecified atom stereocenters. The van der Waals surface area contributed by atoms with E-state index in [-0.39, 0.29) is 0 Å². The van der Waals surface area contributed by atoms with Crippen LogP contribution in [0.15, 0.2) is 0 Å². The maximum absolute atomic E-state index is 11.6. The molecule has 16 nitrogen and oxygen atoms in total. The highest BCUT2D eigenvalue weighted by molar-refractivity contribution is 5.73. The summed E-state index contributed by atoms with van der Waals surface area (Å²) in [6.45, 7) is -1.44. The van der Waals surface area contributed by atoms with Gasteiger partial charge in [0.2, 0.25) is 0 Å². The van der Waals surface area contributed by atoms with E-state index in [2.05, 4.69) is 0 Å². The number of hydrogen-bond acceptors (Lipinski definition) is 15. The quantitative estimate of drug-likeness (QED) is 0.150. The molecule has 3 aliphatic rings. The zero-order chi connectivity index (χ0) is 25.3. The summed E-state index contributed by atoms with van der Waals surface area (Å²) in [7, 11) is 1.11. The van der Waals surface area contributed by atoms with Gasteiger partial charge in [-0.25, -0.2) is 4.79 Å². The standard InChI is InChI=1S/C18H30O16/c1-29-18-14(34-17-10(25)8(23)6(21)4(2-19)30-17)12(11(26)13(33-18)15(27)28)32-16-9(24)7(22)5(3-20)31-16/h4-14,16-26H,2-3H2,1H3,(H,27,28)/t4?,5-,6-,7?,8?,9?,10?,11-,12?,13?,14?,16-,17-,18+/m0/s1. The number of ether oxygens (including phenoxy) is 6. The number of hydrogen-bond donors (Lipinski definition) is 9. The van der Waals surface area contributed by atoms with Crippen molar-refractivity contribution in [3.63, 3.8) is 0 Å². The van der Waals surface area contributed by atoms with Crippen LogP contribution < -0.4 is 0 Å². The Hall–Kier alpha value is -1.09. The van der Waals surface area contributed by atoms with E-state index in [1.807, 2.05) is 0 Å². The van der Waals surface area contributed by atoms with Gasteiger partial charge in [-0.3, -0.25) is 0 Å². The first-order valence-electron chi connectivity index (χ1n) is 10.4. The van der Waals surface area contributed by atoms with Gasteiger partial charge in [0, 0.05) is 7.11 Å². The Labute approximate surface area is 192 Å². The molecule has 0 saturated carbocycles. The fourth-order valence-corrected chi connectivity index (χ4v) is 3.98. The first-order valence-corrected chi connectivity index (χ1v) is 10.4. The lowest BCUT2D eigenvalue weighted by Gasteiger charge is -2.46. The third-order valence-electron chi connectivity index (χ3n) is 5.92. The van der Waals surface area contributed by atoms with E-state index in [1.54, 1.807) is 0 Å². The molecule has 34 heavy (non-hydrogen) atoms. The van der Waals surface area contributed by atoms with Crippen molar-refractivity contribution in [1.29, 1.82) is 0 Å². The van der Waals surface area contributed by atoms with Crippen molar-refractivity contribution in [2.45, 2.75) is 86.0 Å². The Morgan fingerprint density at radius 3 is 1.62 bits per heavy atom. The highest BCUT2D eigenvalue weighted by Gasteiger charge is 2.55. The van der Waals surface area contributed by atoms with Crippen LogP contribution in [0.4, 0.5) is 0 Å². The van der Waals surface area contributed by atoms with Crippen molar-refractivity contribution in [2.24, 2.45) is 0 Å². The Bertz CT molecular complexity index is 678. The van der Waals surface area contributed by atoms with Gasteiger partial charge < -0.3 is 74.4 Å². The van der Waals surface area contributed by atoms with Gasteiger partial charge >= 0.3 is 5.97 Å². The van der Waals surface area contributed by atoms with Gasteiger partial charge in [0.1, 0.15) is 61.0 Å². The third-order valence-corrected chi connectivity index (χ3v) is 5.92. The van der Waals surface area contributed by atoms with E-state index in [0.29, 0.717) is 0 Å². The average Bonchev–Trinajstić information content (AvgIpc) is 3.09. The first kappa shape index (κ1) is 27.5. The number of aliphatic carboxylic acids is 1. The van der Waals surface area contributed by atoms with Crippen LogP contribution in [0.5, 0.6) is 0 Å². The van der Waals surface area contributed by atoms with Crippen molar-refractivity contribution in [3.05, 3.63) is 0 Å². The number of methoxy groups -OCH3 is 1. The van der Waals surface area contributed by atoms with Crippen molar-refractivity contribution in [1.82, 2.24) is 0 Å².